The molecule has 0 spiro atoms. The van der Waals surface area contributed by atoms with E-state index in [2.05, 4.69) is 15.9 Å². The number of halogens is 1. The molecule has 1 atom stereocenters. The summed E-state index contributed by atoms with van der Waals surface area (Å²) in [5.74, 6) is 0.813. The zero-order valence-corrected chi connectivity index (χ0v) is 8.67. The quantitative estimate of drug-likeness (QED) is 0.744. The molecule has 1 rings (SSSR count). The Balaban J connectivity index is 2.58. The Hall–Kier alpha value is -0.540. The summed E-state index contributed by atoms with van der Waals surface area (Å²) in [5.41, 5.74) is 0. The zero-order chi connectivity index (χ0) is 8.97. The molecule has 0 N–H and O–H groups in total. The summed E-state index contributed by atoms with van der Waals surface area (Å²) in [6.07, 6.45) is -0.203. The van der Waals surface area contributed by atoms with Crippen LogP contribution in [0.5, 0.6) is 5.75 Å². The second kappa shape index (κ2) is 4.48. The Morgan fingerprint density at radius 1 is 1.25 bits per heavy atom. The molecule has 3 heteroatoms. The molecule has 0 aromatic heterocycles. The first-order valence-electron chi connectivity index (χ1n) is 3.67. The molecule has 0 fully saturated rings. The van der Waals surface area contributed by atoms with Crippen molar-refractivity contribution in [3.63, 3.8) is 0 Å². The molecule has 0 amide bonds. The van der Waals surface area contributed by atoms with E-state index >= 15 is 0 Å². The minimum atomic E-state index is -0.203. The number of hydrogen-bond acceptors (Lipinski definition) is 2. The SMILES string of the molecule is COC(C)Oc1ccc(Br)cc1. The van der Waals surface area contributed by atoms with Crippen LogP contribution in [0.25, 0.3) is 0 Å². The Bertz CT molecular complexity index is 233. The van der Waals surface area contributed by atoms with Gasteiger partial charge in [0.1, 0.15) is 5.75 Å². The average molecular weight is 231 g/mol. The van der Waals surface area contributed by atoms with Crippen LogP contribution in [0.1, 0.15) is 6.92 Å². The van der Waals surface area contributed by atoms with E-state index < -0.39 is 0 Å². The first-order valence-corrected chi connectivity index (χ1v) is 4.46. The molecule has 0 heterocycles. The minimum absolute atomic E-state index is 0.203. The van der Waals surface area contributed by atoms with Crippen molar-refractivity contribution in [1.29, 1.82) is 0 Å². The maximum Gasteiger partial charge on any atom is 0.196 e. The van der Waals surface area contributed by atoms with Crippen LogP contribution in [0.2, 0.25) is 0 Å². The van der Waals surface area contributed by atoms with Crippen molar-refractivity contribution in [2.45, 2.75) is 13.2 Å². The van der Waals surface area contributed by atoms with E-state index in [4.69, 9.17) is 9.47 Å². The van der Waals surface area contributed by atoms with Crippen LogP contribution < -0.4 is 4.74 Å². The monoisotopic (exact) mass is 230 g/mol. The molecule has 1 aromatic carbocycles. The lowest BCUT2D eigenvalue weighted by molar-refractivity contribution is -0.0382. The van der Waals surface area contributed by atoms with Crippen molar-refractivity contribution < 1.29 is 9.47 Å². The van der Waals surface area contributed by atoms with Gasteiger partial charge in [-0.1, -0.05) is 15.9 Å². The van der Waals surface area contributed by atoms with E-state index in [9.17, 15) is 0 Å². The third-order valence-electron chi connectivity index (χ3n) is 1.45. The van der Waals surface area contributed by atoms with E-state index in [1.807, 2.05) is 31.2 Å². The smallest absolute Gasteiger partial charge is 0.196 e. The van der Waals surface area contributed by atoms with Crippen molar-refractivity contribution in [3.05, 3.63) is 28.7 Å². The van der Waals surface area contributed by atoms with Gasteiger partial charge < -0.3 is 9.47 Å². The van der Waals surface area contributed by atoms with Gasteiger partial charge in [0.25, 0.3) is 0 Å². The normalized spacial score (nSPS) is 12.6. The molecule has 0 saturated heterocycles. The average Bonchev–Trinajstić information content (AvgIpc) is 2.09. The predicted octanol–water partition coefficient (Wildman–Crippen LogP) is 2.82. The number of benzene rings is 1. The van der Waals surface area contributed by atoms with Gasteiger partial charge in [-0.2, -0.15) is 0 Å². The van der Waals surface area contributed by atoms with Crippen molar-refractivity contribution in [2.75, 3.05) is 7.11 Å². The van der Waals surface area contributed by atoms with Crippen LogP contribution in [0, 0.1) is 0 Å². The molecule has 0 aliphatic carbocycles. The highest BCUT2D eigenvalue weighted by molar-refractivity contribution is 9.10. The molecule has 2 nitrogen and oxygen atoms in total. The Kier molecular flexibility index (Phi) is 3.56. The number of rotatable bonds is 3. The van der Waals surface area contributed by atoms with Crippen molar-refractivity contribution >= 4 is 15.9 Å². The second-order valence-corrected chi connectivity index (χ2v) is 3.29. The summed E-state index contributed by atoms with van der Waals surface area (Å²) in [7, 11) is 1.61. The number of methoxy groups -OCH3 is 1. The molecule has 66 valence electrons. The third kappa shape index (κ3) is 2.83. The van der Waals surface area contributed by atoms with Crippen molar-refractivity contribution in [3.8, 4) is 5.75 Å². The summed E-state index contributed by atoms with van der Waals surface area (Å²) in [5, 5.41) is 0. The fourth-order valence-corrected chi connectivity index (χ4v) is 1.02. The Morgan fingerprint density at radius 3 is 2.33 bits per heavy atom. The first kappa shape index (κ1) is 9.55. The van der Waals surface area contributed by atoms with Gasteiger partial charge in [-0.25, -0.2) is 0 Å². The van der Waals surface area contributed by atoms with Crippen LogP contribution in [-0.2, 0) is 4.74 Å². The third-order valence-corrected chi connectivity index (χ3v) is 1.98. The maximum absolute atomic E-state index is 5.38. The molecule has 0 bridgehead atoms. The van der Waals surface area contributed by atoms with E-state index in [-0.39, 0.29) is 6.29 Å². The molecule has 0 aliphatic rings. The van der Waals surface area contributed by atoms with Crippen LogP contribution in [0.3, 0.4) is 0 Å². The van der Waals surface area contributed by atoms with E-state index in [0.717, 1.165) is 10.2 Å². The standard InChI is InChI=1S/C9H11BrO2/c1-7(11-2)12-9-5-3-8(10)4-6-9/h3-7H,1-2H3. The predicted molar refractivity (Wildman–Crippen MR) is 51.2 cm³/mol. The van der Waals surface area contributed by atoms with E-state index in [0.29, 0.717) is 0 Å². The van der Waals surface area contributed by atoms with Crippen molar-refractivity contribution in [1.82, 2.24) is 0 Å². The summed E-state index contributed by atoms with van der Waals surface area (Å²) in [6.45, 7) is 1.85. The van der Waals surface area contributed by atoms with Gasteiger partial charge in [0.2, 0.25) is 0 Å². The van der Waals surface area contributed by atoms with Crippen LogP contribution in [-0.4, -0.2) is 13.4 Å². The lowest BCUT2D eigenvalue weighted by atomic mass is 10.3. The van der Waals surface area contributed by atoms with Crippen LogP contribution in [0.4, 0.5) is 0 Å². The van der Waals surface area contributed by atoms with Gasteiger partial charge in [0.05, 0.1) is 0 Å². The van der Waals surface area contributed by atoms with Gasteiger partial charge in [-0.15, -0.1) is 0 Å². The molecular formula is C9H11BrO2. The van der Waals surface area contributed by atoms with E-state index in [1.165, 1.54) is 0 Å². The Morgan fingerprint density at radius 2 is 1.83 bits per heavy atom. The van der Waals surface area contributed by atoms with Crippen LogP contribution >= 0.6 is 15.9 Å². The molecule has 1 aromatic rings. The highest BCUT2D eigenvalue weighted by atomic mass is 79.9. The lowest BCUT2D eigenvalue weighted by Gasteiger charge is -2.12. The molecule has 0 radical (unpaired) electrons. The fraction of sp³-hybridized carbons (Fsp3) is 0.333. The highest BCUT2D eigenvalue weighted by Gasteiger charge is 1.99. The molecule has 1 unspecified atom stereocenters. The van der Waals surface area contributed by atoms with Crippen molar-refractivity contribution in [2.24, 2.45) is 0 Å². The second-order valence-electron chi connectivity index (χ2n) is 2.38. The summed E-state index contributed by atoms with van der Waals surface area (Å²) in [4.78, 5) is 0. The largest absolute Gasteiger partial charge is 0.465 e. The lowest BCUT2D eigenvalue weighted by Crippen LogP contribution is -2.13. The summed E-state index contributed by atoms with van der Waals surface area (Å²) < 4.78 is 11.4. The molecule has 0 aliphatic heterocycles. The first-order chi connectivity index (χ1) is 5.72. The van der Waals surface area contributed by atoms with Gasteiger partial charge in [0, 0.05) is 11.6 Å². The van der Waals surface area contributed by atoms with Gasteiger partial charge in [-0.05, 0) is 31.2 Å². The molecular weight excluding hydrogens is 220 g/mol. The van der Waals surface area contributed by atoms with Crippen LogP contribution in [0.15, 0.2) is 28.7 Å². The minimum Gasteiger partial charge on any atom is -0.465 e. The van der Waals surface area contributed by atoms with Gasteiger partial charge >= 0.3 is 0 Å². The summed E-state index contributed by atoms with van der Waals surface area (Å²) >= 11 is 3.34. The highest BCUT2D eigenvalue weighted by Crippen LogP contribution is 2.17. The zero-order valence-electron chi connectivity index (χ0n) is 7.08. The van der Waals surface area contributed by atoms with Gasteiger partial charge in [0.15, 0.2) is 6.29 Å². The number of hydrogen-bond donors (Lipinski definition) is 0. The topological polar surface area (TPSA) is 18.5 Å². The maximum atomic E-state index is 5.38. The van der Waals surface area contributed by atoms with Gasteiger partial charge in [-0.3, -0.25) is 0 Å². The number of ether oxygens (including phenoxy) is 2. The summed E-state index contributed by atoms with van der Waals surface area (Å²) in [6, 6.07) is 7.63. The molecule has 12 heavy (non-hydrogen) atoms. The Labute approximate surface area is 80.6 Å². The van der Waals surface area contributed by atoms with E-state index in [1.54, 1.807) is 7.11 Å². The molecule has 0 saturated carbocycles. The fourth-order valence-electron chi connectivity index (χ4n) is 0.753.